The Morgan fingerprint density at radius 2 is 2.08 bits per heavy atom. The molecule has 1 N–H and O–H groups in total. The lowest BCUT2D eigenvalue weighted by atomic mass is 10.1. The van der Waals surface area contributed by atoms with Crippen LogP contribution in [0, 0.1) is 5.82 Å². The van der Waals surface area contributed by atoms with Crippen LogP contribution in [-0.4, -0.2) is 45.9 Å². The highest BCUT2D eigenvalue weighted by Crippen LogP contribution is 2.23. The number of anilines is 1. The van der Waals surface area contributed by atoms with Crippen molar-refractivity contribution in [2.45, 2.75) is 38.3 Å². The van der Waals surface area contributed by atoms with Crippen molar-refractivity contribution < 1.29 is 22.3 Å². The molecule has 1 fully saturated rings. The van der Waals surface area contributed by atoms with E-state index in [9.17, 15) is 17.6 Å². The van der Waals surface area contributed by atoms with Gasteiger partial charge >= 0.3 is 0 Å². The molecule has 0 bridgehead atoms. The van der Waals surface area contributed by atoms with Crippen LogP contribution in [0.25, 0.3) is 0 Å². The first kappa shape index (κ1) is 18.7. The molecule has 1 heterocycles. The third kappa shape index (κ3) is 4.67. The monoisotopic (exact) mass is 358 g/mol. The Bertz CT molecular complexity index is 657. The van der Waals surface area contributed by atoms with E-state index >= 15 is 0 Å². The molecular formula is C16H23FN2O4S. The van der Waals surface area contributed by atoms with Gasteiger partial charge < -0.3 is 10.1 Å². The summed E-state index contributed by atoms with van der Waals surface area (Å²) >= 11 is 0. The summed E-state index contributed by atoms with van der Waals surface area (Å²) in [5.74, 6) is -0.856. The molecule has 2 rings (SSSR count). The molecule has 24 heavy (non-hydrogen) atoms. The predicted molar refractivity (Wildman–Crippen MR) is 89.8 cm³/mol. The van der Waals surface area contributed by atoms with Crippen molar-refractivity contribution in [3.8, 4) is 0 Å². The molecule has 2 atom stereocenters. The first-order chi connectivity index (χ1) is 11.3. The van der Waals surface area contributed by atoms with E-state index in [-0.39, 0.29) is 17.7 Å². The first-order valence-corrected chi connectivity index (χ1v) is 9.82. The quantitative estimate of drug-likeness (QED) is 0.804. The topological polar surface area (TPSA) is 75.7 Å². The minimum atomic E-state index is -3.71. The standard InChI is InChI=1S/C16H23FN2O4S/c1-3-15(16(20)18-11-14-5-4-10-23-14)19(24(2,21)22)13-8-6-12(17)7-9-13/h6-9,14-15H,3-5,10-11H2,1-2H3,(H,18,20)/t14-,15-/m1/s1. The molecule has 1 aromatic rings. The Balaban J connectivity index is 2.18. The number of nitrogens with zero attached hydrogens (tertiary/aromatic N) is 1. The van der Waals surface area contributed by atoms with Crippen molar-refractivity contribution in [2.75, 3.05) is 23.7 Å². The van der Waals surface area contributed by atoms with Crippen molar-refractivity contribution in [2.24, 2.45) is 0 Å². The Kier molecular flexibility index (Phi) is 6.17. The Morgan fingerprint density at radius 1 is 1.42 bits per heavy atom. The number of nitrogens with one attached hydrogen (secondary N) is 1. The van der Waals surface area contributed by atoms with Crippen LogP contribution < -0.4 is 9.62 Å². The molecule has 0 unspecified atom stereocenters. The summed E-state index contributed by atoms with van der Waals surface area (Å²) in [6, 6.07) is 4.15. The third-order valence-corrected chi connectivity index (χ3v) is 5.12. The molecule has 1 aliphatic heterocycles. The van der Waals surface area contributed by atoms with E-state index in [0.29, 0.717) is 19.6 Å². The number of halogens is 1. The number of hydrogen-bond donors (Lipinski definition) is 1. The van der Waals surface area contributed by atoms with E-state index in [1.165, 1.54) is 24.3 Å². The fourth-order valence-electron chi connectivity index (χ4n) is 2.79. The van der Waals surface area contributed by atoms with E-state index in [0.717, 1.165) is 23.4 Å². The zero-order valence-corrected chi connectivity index (χ0v) is 14.7. The fourth-order valence-corrected chi connectivity index (χ4v) is 4.00. The number of carbonyl (C=O) groups excluding carboxylic acids is 1. The zero-order valence-electron chi connectivity index (χ0n) is 13.9. The number of carbonyl (C=O) groups is 1. The van der Waals surface area contributed by atoms with E-state index in [1.807, 2.05) is 0 Å². The molecule has 1 aliphatic rings. The van der Waals surface area contributed by atoms with E-state index in [1.54, 1.807) is 6.92 Å². The normalized spacial score (nSPS) is 19.0. The van der Waals surface area contributed by atoms with Crippen molar-refractivity contribution in [1.82, 2.24) is 5.32 Å². The summed E-state index contributed by atoms with van der Waals surface area (Å²) in [6.07, 6.45) is 3.14. The molecule has 6 nitrogen and oxygen atoms in total. The van der Waals surface area contributed by atoms with Crippen molar-refractivity contribution >= 4 is 21.6 Å². The van der Waals surface area contributed by atoms with Crippen LogP contribution in [0.3, 0.4) is 0 Å². The van der Waals surface area contributed by atoms with Gasteiger partial charge in [-0.2, -0.15) is 0 Å². The maximum Gasteiger partial charge on any atom is 0.243 e. The molecule has 0 saturated carbocycles. The lowest BCUT2D eigenvalue weighted by Crippen LogP contribution is -2.50. The van der Waals surface area contributed by atoms with Crippen LogP contribution in [0.15, 0.2) is 24.3 Å². The summed E-state index contributed by atoms with van der Waals surface area (Å²) in [6.45, 7) is 2.77. The van der Waals surface area contributed by atoms with Crippen molar-refractivity contribution in [3.05, 3.63) is 30.1 Å². The van der Waals surface area contributed by atoms with Gasteiger partial charge in [-0.05, 0) is 43.5 Å². The molecule has 0 aliphatic carbocycles. The van der Waals surface area contributed by atoms with Crippen molar-refractivity contribution in [1.29, 1.82) is 0 Å². The second-order valence-electron chi connectivity index (χ2n) is 5.84. The predicted octanol–water partition coefficient (Wildman–Crippen LogP) is 1.67. The van der Waals surface area contributed by atoms with Gasteiger partial charge in [0.1, 0.15) is 11.9 Å². The lowest BCUT2D eigenvalue weighted by molar-refractivity contribution is -0.122. The molecule has 0 aromatic heterocycles. The maximum absolute atomic E-state index is 13.1. The summed E-state index contributed by atoms with van der Waals surface area (Å²) < 4.78 is 44.0. The van der Waals surface area contributed by atoms with Crippen LogP contribution in [0.1, 0.15) is 26.2 Å². The number of amides is 1. The van der Waals surface area contributed by atoms with Gasteiger partial charge in [-0.3, -0.25) is 9.10 Å². The molecule has 134 valence electrons. The summed E-state index contributed by atoms with van der Waals surface area (Å²) in [5.41, 5.74) is 0.262. The minimum absolute atomic E-state index is 0.0241. The van der Waals surface area contributed by atoms with Crippen LogP contribution in [0.5, 0.6) is 0 Å². The van der Waals surface area contributed by atoms with Crippen LogP contribution in [0.2, 0.25) is 0 Å². The Morgan fingerprint density at radius 3 is 2.58 bits per heavy atom. The molecule has 1 saturated heterocycles. The molecule has 1 amide bonds. The number of ether oxygens (including phenoxy) is 1. The van der Waals surface area contributed by atoms with Gasteiger partial charge in [0.2, 0.25) is 15.9 Å². The van der Waals surface area contributed by atoms with Gasteiger partial charge in [-0.25, -0.2) is 12.8 Å². The number of rotatable bonds is 7. The second kappa shape index (κ2) is 7.94. The van der Waals surface area contributed by atoms with Gasteiger partial charge in [0, 0.05) is 13.2 Å². The summed E-state index contributed by atoms with van der Waals surface area (Å²) in [4.78, 5) is 12.5. The van der Waals surface area contributed by atoms with Crippen molar-refractivity contribution in [3.63, 3.8) is 0 Å². The molecule has 8 heteroatoms. The zero-order chi connectivity index (χ0) is 17.7. The number of benzene rings is 1. The maximum atomic E-state index is 13.1. The fraction of sp³-hybridized carbons (Fsp3) is 0.562. The number of hydrogen-bond acceptors (Lipinski definition) is 4. The Labute approximate surface area is 142 Å². The first-order valence-electron chi connectivity index (χ1n) is 7.97. The highest BCUT2D eigenvalue weighted by atomic mass is 32.2. The highest BCUT2D eigenvalue weighted by molar-refractivity contribution is 7.92. The van der Waals surface area contributed by atoms with Gasteiger partial charge in [0.15, 0.2) is 0 Å². The average molecular weight is 358 g/mol. The average Bonchev–Trinajstić information content (AvgIpc) is 3.03. The SMILES string of the molecule is CC[C@H](C(=O)NC[C@H]1CCCO1)N(c1ccc(F)cc1)S(C)(=O)=O. The van der Waals surface area contributed by atoms with E-state index in [4.69, 9.17) is 4.74 Å². The van der Waals surface area contributed by atoms with Gasteiger partial charge in [-0.15, -0.1) is 0 Å². The minimum Gasteiger partial charge on any atom is -0.376 e. The van der Waals surface area contributed by atoms with Crippen LogP contribution >= 0.6 is 0 Å². The third-order valence-electron chi connectivity index (χ3n) is 3.94. The molecular weight excluding hydrogens is 335 g/mol. The van der Waals surface area contributed by atoms with E-state index < -0.39 is 21.9 Å². The highest BCUT2D eigenvalue weighted by Gasteiger charge is 2.31. The van der Waals surface area contributed by atoms with Gasteiger partial charge in [-0.1, -0.05) is 6.92 Å². The number of sulfonamides is 1. The van der Waals surface area contributed by atoms with Crippen LogP contribution in [0.4, 0.5) is 10.1 Å². The lowest BCUT2D eigenvalue weighted by Gasteiger charge is -2.30. The second-order valence-corrected chi connectivity index (χ2v) is 7.70. The van der Waals surface area contributed by atoms with Crippen LogP contribution in [-0.2, 0) is 19.6 Å². The molecule has 0 radical (unpaired) electrons. The molecule has 1 aromatic carbocycles. The summed E-state index contributed by atoms with van der Waals surface area (Å²) in [7, 11) is -3.71. The molecule has 0 spiro atoms. The van der Waals surface area contributed by atoms with Gasteiger partial charge in [0.25, 0.3) is 0 Å². The smallest absolute Gasteiger partial charge is 0.243 e. The van der Waals surface area contributed by atoms with Gasteiger partial charge in [0.05, 0.1) is 18.0 Å². The largest absolute Gasteiger partial charge is 0.376 e. The summed E-state index contributed by atoms with van der Waals surface area (Å²) in [5, 5.41) is 2.77. The Hall–Kier alpha value is -1.67. The van der Waals surface area contributed by atoms with E-state index in [2.05, 4.69) is 5.32 Å².